The van der Waals surface area contributed by atoms with Gasteiger partial charge in [0.15, 0.2) is 0 Å². The summed E-state index contributed by atoms with van der Waals surface area (Å²) in [6.45, 7) is 17.0. The number of Topliss-reactive ketones (excluding diaryl/α,β-unsaturated/α-hetero) is 1. The van der Waals surface area contributed by atoms with Gasteiger partial charge < -0.3 is 29.5 Å². The van der Waals surface area contributed by atoms with Crippen molar-refractivity contribution in [1.82, 2.24) is 20.0 Å². The third-order valence-electron chi connectivity index (χ3n) is 12.1. The number of ketones is 1. The standard InChI is InChI=1S/C42H70N4O6/c1-11-29(5)40(44(8)42(50)34(28(3)4)25-38(48)45-22-20-43-27-30(45)6)37(51-9)26-39(49)46-21-16-19-35(46)41(52-10)31(7)36(47)24-32(12-2)23-33-17-14-13-15-18-33/h13-15,17-18,28-32,34-35,37,40-41,43H,11-12,16,19-27H2,1-10H3/t29-,30-,31-,32+,34-,35-,37+,40-,41+/m0/s1. The Balaban J connectivity index is 1.74. The van der Waals surface area contributed by atoms with E-state index >= 15 is 0 Å². The largest absolute Gasteiger partial charge is 0.379 e. The smallest absolute Gasteiger partial charge is 0.226 e. The van der Waals surface area contributed by atoms with E-state index in [2.05, 4.69) is 38.2 Å². The Hall–Kier alpha value is -2.82. The van der Waals surface area contributed by atoms with Gasteiger partial charge in [0.1, 0.15) is 5.78 Å². The Bertz CT molecular complexity index is 1280. The van der Waals surface area contributed by atoms with Crippen LogP contribution < -0.4 is 5.32 Å². The lowest BCUT2D eigenvalue weighted by Gasteiger charge is -2.41. The van der Waals surface area contributed by atoms with Gasteiger partial charge >= 0.3 is 0 Å². The number of likely N-dealkylation sites (N-methyl/N-ethyl adjacent to an activating group) is 1. The maximum atomic E-state index is 14.3. The van der Waals surface area contributed by atoms with Crippen LogP contribution in [-0.4, -0.2) is 116 Å². The fourth-order valence-electron chi connectivity index (χ4n) is 8.51. The lowest BCUT2D eigenvalue weighted by atomic mass is 9.84. The second kappa shape index (κ2) is 21.2. The van der Waals surface area contributed by atoms with Crippen molar-refractivity contribution in [3.8, 4) is 0 Å². The SMILES string of the molecule is CC[C@@H](CC(=O)[C@H](C)[C@@H](OC)[C@@H]1CCCN1C(=O)C[C@@H](OC)[C@H]([C@@H](C)CC)N(C)C(=O)[C@@H](CC(=O)N1CCNC[C@@H]1C)C(C)C)Cc1ccccc1. The number of amides is 3. The van der Waals surface area contributed by atoms with Crippen LogP contribution in [0.25, 0.3) is 0 Å². The predicted molar refractivity (Wildman–Crippen MR) is 207 cm³/mol. The molecule has 1 aromatic rings. The molecule has 10 heteroatoms. The summed E-state index contributed by atoms with van der Waals surface area (Å²) >= 11 is 0. The highest BCUT2D eigenvalue weighted by Gasteiger charge is 2.43. The van der Waals surface area contributed by atoms with Crippen LogP contribution in [0.2, 0.25) is 0 Å². The Morgan fingerprint density at radius 1 is 0.904 bits per heavy atom. The normalized spacial score (nSPS) is 22.0. The molecule has 52 heavy (non-hydrogen) atoms. The van der Waals surface area contributed by atoms with E-state index in [0.29, 0.717) is 19.5 Å². The van der Waals surface area contributed by atoms with E-state index < -0.39 is 18.1 Å². The van der Waals surface area contributed by atoms with E-state index in [-0.39, 0.29) is 78.1 Å². The van der Waals surface area contributed by atoms with Gasteiger partial charge in [-0.1, -0.05) is 84.7 Å². The molecule has 0 unspecified atom stereocenters. The number of nitrogens with one attached hydrogen (secondary N) is 1. The first kappa shape index (κ1) is 43.6. The predicted octanol–water partition coefficient (Wildman–Crippen LogP) is 5.62. The van der Waals surface area contributed by atoms with Gasteiger partial charge in [0.2, 0.25) is 17.7 Å². The monoisotopic (exact) mass is 727 g/mol. The van der Waals surface area contributed by atoms with Crippen LogP contribution in [0, 0.1) is 29.6 Å². The lowest BCUT2D eigenvalue weighted by molar-refractivity contribution is -0.150. The van der Waals surface area contributed by atoms with Crippen molar-refractivity contribution >= 4 is 23.5 Å². The number of carbonyl (C=O) groups excluding carboxylic acids is 4. The molecular weight excluding hydrogens is 656 g/mol. The molecule has 2 aliphatic rings. The Morgan fingerprint density at radius 2 is 1.58 bits per heavy atom. The van der Waals surface area contributed by atoms with E-state index in [9.17, 15) is 19.2 Å². The molecule has 294 valence electrons. The molecule has 3 amide bonds. The van der Waals surface area contributed by atoms with Gasteiger partial charge in [0.05, 0.1) is 30.7 Å². The molecule has 0 spiro atoms. The molecule has 0 aromatic heterocycles. The number of rotatable bonds is 20. The molecule has 0 saturated carbocycles. The minimum absolute atomic E-state index is 0.00917. The molecule has 3 rings (SSSR count). The fraction of sp³-hybridized carbons (Fsp3) is 0.762. The van der Waals surface area contributed by atoms with Crippen molar-refractivity contribution in [1.29, 1.82) is 0 Å². The molecule has 0 aliphatic carbocycles. The van der Waals surface area contributed by atoms with Gasteiger partial charge in [0, 0.05) is 78.2 Å². The summed E-state index contributed by atoms with van der Waals surface area (Å²) in [5.74, 6) is -0.547. The van der Waals surface area contributed by atoms with Crippen LogP contribution >= 0.6 is 0 Å². The fourth-order valence-corrected chi connectivity index (χ4v) is 8.51. The van der Waals surface area contributed by atoms with E-state index in [4.69, 9.17) is 9.47 Å². The Labute approximate surface area is 314 Å². The number of ether oxygens (including phenoxy) is 2. The van der Waals surface area contributed by atoms with Crippen molar-refractivity contribution < 1.29 is 28.7 Å². The van der Waals surface area contributed by atoms with Crippen LogP contribution in [0.5, 0.6) is 0 Å². The summed E-state index contributed by atoms with van der Waals surface area (Å²) in [5.41, 5.74) is 1.24. The quantitative estimate of drug-likeness (QED) is 0.186. The second-order valence-electron chi connectivity index (χ2n) is 15.9. The molecule has 9 atom stereocenters. The number of piperazine rings is 1. The van der Waals surface area contributed by atoms with Crippen molar-refractivity contribution in [3.63, 3.8) is 0 Å². The van der Waals surface area contributed by atoms with Gasteiger partial charge in [-0.05, 0) is 49.5 Å². The molecule has 0 bridgehead atoms. The van der Waals surface area contributed by atoms with Crippen molar-refractivity contribution in [2.45, 2.75) is 130 Å². The summed E-state index contributed by atoms with van der Waals surface area (Å²) in [4.78, 5) is 61.2. The first-order chi connectivity index (χ1) is 24.8. The first-order valence-electron chi connectivity index (χ1n) is 20.0. The van der Waals surface area contributed by atoms with Gasteiger partial charge in [-0.15, -0.1) is 0 Å². The number of hydrogen-bond donors (Lipinski definition) is 1. The lowest BCUT2D eigenvalue weighted by Crippen LogP contribution is -2.55. The zero-order valence-electron chi connectivity index (χ0n) is 33.9. The second-order valence-corrected chi connectivity index (χ2v) is 15.9. The number of likely N-dealkylation sites (tertiary alicyclic amines) is 1. The Morgan fingerprint density at radius 3 is 2.15 bits per heavy atom. The molecule has 2 aliphatic heterocycles. The van der Waals surface area contributed by atoms with Crippen molar-refractivity contribution in [2.24, 2.45) is 29.6 Å². The summed E-state index contributed by atoms with van der Waals surface area (Å²) in [6, 6.07) is 9.81. The average molecular weight is 727 g/mol. The highest BCUT2D eigenvalue weighted by Crippen LogP contribution is 2.32. The highest BCUT2D eigenvalue weighted by molar-refractivity contribution is 5.86. The van der Waals surface area contributed by atoms with Gasteiger partial charge in [-0.3, -0.25) is 19.2 Å². The summed E-state index contributed by atoms with van der Waals surface area (Å²) in [5, 5.41) is 3.33. The molecule has 0 radical (unpaired) electrons. The maximum Gasteiger partial charge on any atom is 0.226 e. The summed E-state index contributed by atoms with van der Waals surface area (Å²) in [7, 11) is 5.06. The van der Waals surface area contributed by atoms with E-state index in [1.807, 2.05) is 55.7 Å². The summed E-state index contributed by atoms with van der Waals surface area (Å²) < 4.78 is 12.1. The molecule has 1 N–H and O–H groups in total. The van der Waals surface area contributed by atoms with E-state index in [0.717, 1.165) is 45.2 Å². The molecule has 10 nitrogen and oxygen atoms in total. The molecule has 2 saturated heterocycles. The number of hydrogen-bond acceptors (Lipinski definition) is 7. The van der Waals surface area contributed by atoms with E-state index in [1.165, 1.54) is 5.56 Å². The molecule has 2 fully saturated rings. The van der Waals surface area contributed by atoms with Crippen LogP contribution in [0.4, 0.5) is 0 Å². The van der Waals surface area contributed by atoms with Crippen molar-refractivity contribution in [2.75, 3.05) is 47.4 Å². The number of methoxy groups -OCH3 is 2. The molecule has 1 aromatic carbocycles. The first-order valence-corrected chi connectivity index (χ1v) is 20.0. The minimum Gasteiger partial charge on any atom is -0.379 e. The molecular formula is C42H70N4O6. The van der Waals surface area contributed by atoms with Gasteiger partial charge in [0.25, 0.3) is 0 Å². The minimum atomic E-state index is -0.544. The van der Waals surface area contributed by atoms with Crippen LogP contribution in [0.3, 0.4) is 0 Å². The van der Waals surface area contributed by atoms with Gasteiger partial charge in [-0.2, -0.15) is 0 Å². The third-order valence-corrected chi connectivity index (χ3v) is 12.1. The third kappa shape index (κ3) is 11.3. The van der Waals surface area contributed by atoms with Crippen LogP contribution in [0.15, 0.2) is 30.3 Å². The molecule has 2 heterocycles. The zero-order chi connectivity index (χ0) is 38.5. The average Bonchev–Trinajstić information content (AvgIpc) is 3.63. The van der Waals surface area contributed by atoms with Crippen LogP contribution in [0.1, 0.15) is 99.0 Å². The highest BCUT2D eigenvalue weighted by atomic mass is 16.5. The summed E-state index contributed by atoms with van der Waals surface area (Å²) in [6.07, 6.45) is 3.96. The Kier molecular flexibility index (Phi) is 17.7. The van der Waals surface area contributed by atoms with Crippen LogP contribution in [-0.2, 0) is 35.1 Å². The number of nitrogens with zero attached hydrogens (tertiary/aromatic N) is 3. The number of benzene rings is 1. The van der Waals surface area contributed by atoms with Gasteiger partial charge in [-0.25, -0.2) is 0 Å². The maximum absolute atomic E-state index is 14.3. The zero-order valence-corrected chi connectivity index (χ0v) is 33.9. The number of carbonyl (C=O) groups is 4. The topological polar surface area (TPSA) is 108 Å². The van der Waals surface area contributed by atoms with Crippen molar-refractivity contribution in [3.05, 3.63) is 35.9 Å². The van der Waals surface area contributed by atoms with E-state index in [1.54, 1.807) is 26.2 Å².